The van der Waals surface area contributed by atoms with Crippen LogP contribution in [0.3, 0.4) is 0 Å². The van der Waals surface area contributed by atoms with Crippen LogP contribution in [-0.2, 0) is 25.6 Å². The molecule has 0 aliphatic rings. The van der Waals surface area contributed by atoms with Crippen LogP contribution in [0, 0.1) is 0 Å². The van der Waals surface area contributed by atoms with E-state index in [4.69, 9.17) is 11.5 Å². The van der Waals surface area contributed by atoms with Gasteiger partial charge in [-0.2, -0.15) is 0 Å². The van der Waals surface area contributed by atoms with Crippen LogP contribution in [0.4, 0.5) is 0 Å². The van der Waals surface area contributed by atoms with Crippen molar-refractivity contribution >= 4 is 23.7 Å². The average Bonchev–Trinajstić information content (AvgIpc) is 2.77. The zero-order valence-electron chi connectivity index (χ0n) is 19.0. The molecule has 0 radical (unpaired) electrons. The number of nitrogens with two attached hydrogens (primary N) is 2. The molecule has 5 atom stereocenters. The summed E-state index contributed by atoms with van der Waals surface area (Å²) in [6, 6.07) is 4.40. The van der Waals surface area contributed by atoms with Crippen LogP contribution in [0.15, 0.2) is 30.3 Å². The zero-order valence-corrected chi connectivity index (χ0v) is 19.0. The van der Waals surface area contributed by atoms with Crippen molar-refractivity contribution in [3.8, 4) is 0 Å². The number of aliphatic hydroxyl groups is 1. The largest absolute Gasteiger partial charge is 0.480 e. The Morgan fingerprint density at radius 3 is 2.06 bits per heavy atom. The third-order valence-corrected chi connectivity index (χ3v) is 5.05. The van der Waals surface area contributed by atoms with E-state index in [1.165, 1.54) is 13.8 Å². The zero-order chi connectivity index (χ0) is 25.0. The Hall–Kier alpha value is -3.02. The van der Waals surface area contributed by atoms with Gasteiger partial charge in [0.2, 0.25) is 17.7 Å². The second kappa shape index (κ2) is 14.2. The molecule has 5 unspecified atom stereocenters. The molecule has 1 aromatic carbocycles. The number of carboxylic acids is 1. The number of benzene rings is 1. The van der Waals surface area contributed by atoms with E-state index in [-0.39, 0.29) is 12.8 Å². The quantitative estimate of drug-likeness (QED) is 0.163. The van der Waals surface area contributed by atoms with E-state index >= 15 is 0 Å². The summed E-state index contributed by atoms with van der Waals surface area (Å²) in [6.07, 6.45) is 0.350. The third-order valence-electron chi connectivity index (χ3n) is 5.05. The van der Waals surface area contributed by atoms with Crippen molar-refractivity contribution in [3.05, 3.63) is 35.9 Å². The predicted molar refractivity (Wildman–Crippen MR) is 122 cm³/mol. The summed E-state index contributed by atoms with van der Waals surface area (Å²) in [5, 5.41) is 26.4. The van der Waals surface area contributed by atoms with Gasteiger partial charge in [-0.3, -0.25) is 14.4 Å². The minimum absolute atomic E-state index is 0.0784. The lowest BCUT2D eigenvalue weighted by Crippen LogP contribution is -2.57. The summed E-state index contributed by atoms with van der Waals surface area (Å²) in [6.45, 7) is 3.16. The number of amides is 3. The predicted octanol–water partition coefficient (Wildman–Crippen LogP) is -1.37. The summed E-state index contributed by atoms with van der Waals surface area (Å²) >= 11 is 0. The van der Waals surface area contributed by atoms with Gasteiger partial charge < -0.3 is 37.6 Å². The molecular formula is C22H35N5O6. The van der Waals surface area contributed by atoms with Crippen molar-refractivity contribution in [2.45, 2.75) is 69.8 Å². The fraction of sp³-hybridized carbons (Fsp3) is 0.545. The number of carbonyl (C=O) groups is 4. The molecule has 0 aliphatic carbocycles. The Balaban J connectivity index is 2.84. The monoisotopic (exact) mass is 465 g/mol. The highest BCUT2D eigenvalue weighted by atomic mass is 16.4. The molecule has 11 heteroatoms. The van der Waals surface area contributed by atoms with E-state index in [9.17, 15) is 29.4 Å². The van der Waals surface area contributed by atoms with E-state index in [1.807, 2.05) is 0 Å². The maximum atomic E-state index is 12.9. The molecule has 1 rings (SSSR count). The smallest absolute Gasteiger partial charge is 0.326 e. The maximum Gasteiger partial charge on any atom is 0.326 e. The summed E-state index contributed by atoms with van der Waals surface area (Å²) in [5.74, 6) is -3.22. The van der Waals surface area contributed by atoms with Crippen LogP contribution in [0.1, 0.15) is 38.7 Å². The fourth-order valence-electron chi connectivity index (χ4n) is 2.97. The van der Waals surface area contributed by atoms with Crippen LogP contribution in [0.2, 0.25) is 0 Å². The molecule has 0 bridgehead atoms. The third kappa shape index (κ3) is 9.98. The highest BCUT2D eigenvalue weighted by molar-refractivity contribution is 5.94. The highest BCUT2D eigenvalue weighted by Crippen LogP contribution is 2.06. The molecule has 0 saturated carbocycles. The van der Waals surface area contributed by atoms with Gasteiger partial charge in [-0.25, -0.2) is 4.79 Å². The van der Waals surface area contributed by atoms with Gasteiger partial charge in [0.1, 0.15) is 24.2 Å². The Bertz CT molecular complexity index is 789. The lowest BCUT2D eigenvalue weighted by Gasteiger charge is -2.24. The number of nitrogens with one attached hydrogen (secondary N) is 3. The van der Waals surface area contributed by atoms with Crippen molar-refractivity contribution in [3.63, 3.8) is 0 Å². The van der Waals surface area contributed by atoms with E-state index < -0.39 is 54.0 Å². The van der Waals surface area contributed by atoms with Crippen molar-refractivity contribution < 1.29 is 29.4 Å². The fourth-order valence-corrected chi connectivity index (χ4v) is 2.97. The van der Waals surface area contributed by atoms with Gasteiger partial charge >= 0.3 is 5.97 Å². The first-order valence-electron chi connectivity index (χ1n) is 10.9. The first-order chi connectivity index (χ1) is 15.6. The molecule has 0 fully saturated rings. The lowest BCUT2D eigenvalue weighted by molar-refractivity contribution is -0.142. The Kier molecular flexibility index (Phi) is 12.0. The molecule has 0 saturated heterocycles. The lowest BCUT2D eigenvalue weighted by atomic mass is 10.0. The first kappa shape index (κ1) is 28.0. The van der Waals surface area contributed by atoms with E-state index in [1.54, 1.807) is 30.3 Å². The summed E-state index contributed by atoms with van der Waals surface area (Å²) in [4.78, 5) is 49.1. The number of hydrogen-bond acceptors (Lipinski definition) is 7. The maximum absolute atomic E-state index is 12.9. The molecule has 9 N–H and O–H groups in total. The van der Waals surface area contributed by atoms with Gasteiger partial charge in [0, 0.05) is 6.42 Å². The molecule has 11 nitrogen and oxygen atoms in total. The van der Waals surface area contributed by atoms with E-state index in [2.05, 4.69) is 16.0 Å². The van der Waals surface area contributed by atoms with Crippen LogP contribution in [0.5, 0.6) is 0 Å². The molecule has 1 aromatic rings. The SMILES string of the molecule is CC(NC(=O)C(N)C(C)O)C(=O)NC(CCCCN)C(=O)NC(Cc1ccccc1)C(=O)O. The standard InChI is InChI=1S/C22H35N5O6/c1-13(25-21(31)18(24)14(2)28)19(29)26-16(10-6-7-11-23)20(30)27-17(22(32)33)12-15-8-4-3-5-9-15/h3-5,8-9,13-14,16-18,28H,6-7,10-12,23-24H2,1-2H3,(H,25,31)(H,26,29)(H,27,30)(H,32,33). The summed E-state index contributed by atoms with van der Waals surface area (Å²) < 4.78 is 0. The number of carboxylic acid groups (broad SMARTS) is 1. The van der Waals surface area contributed by atoms with Crippen LogP contribution in [-0.4, -0.2) is 70.7 Å². The van der Waals surface area contributed by atoms with E-state index in [0.717, 1.165) is 5.56 Å². The van der Waals surface area contributed by atoms with Gasteiger partial charge in [0.05, 0.1) is 6.10 Å². The summed E-state index contributed by atoms with van der Waals surface area (Å²) in [7, 11) is 0. The van der Waals surface area contributed by atoms with Crippen molar-refractivity contribution in [1.29, 1.82) is 0 Å². The molecule has 33 heavy (non-hydrogen) atoms. The Labute approximate surface area is 193 Å². The number of carbonyl (C=O) groups excluding carboxylic acids is 3. The molecule has 3 amide bonds. The van der Waals surface area contributed by atoms with Crippen LogP contribution in [0.25, 0.3) is 0 Å². The minimum atomic E-state index is -1.21. The number of aliphatic carboxylic acids is 1. The average molecular weight is 466 g/mol. The van der Waals surface area contributed by atoms with Crippen LogP contribution < -0.4 is 27.4 Å². The number of hydrogen-bond donors (Lipinski definition) is 7. The molecule has 0 aromatic heterocycles. The molecule has 184 valence electrons. The number of aliphatic hydroxyl groups excluding tert-OH is 1. The van der Waals surface area contributed by atoms with Gasteiger partial charge in [0.25, 0.3) is 0 Å². The molecule has 0 aliphatic heterocycles. The van der Waals surface area contributed by atoms with Gasteiger partial charge in [0.15, 0.2) is 0 Å². The minimum Gasteiger partial charge on any atom is -0.480 e. The second-order valence-electron chi connectivity index (χ2n) is 7.93. The number of unbranched alkanes of at least 4 members (excludes halogenated alkanes) is 1. The van der Waals surface area contributed by atoms with Crippen molar-refractivity contribution in [2.75, 3.05) is 6.54 Å². The van der Waals surface area contributed by atoms with Gasteiger partial charge in [-0.05, 0) is 45.2 Å². The number of rotatable bonds is 14. The normalized spacial score (nSPS) is 15.4. The van der Waals surface area contributed by atoms with E-state index in [0.29, 0.717) is 19.4 Å². The van der Waals surface area contributed by atoms with Crippen LogP contribution >= 0.6 is 0 Å². The highest BCUT2D eigenvalue weighted by Gasteiger charge is 2.29. The summed E-state index contributed by atoms with van der Waals surface area (Å²) in [5.41, 5.74) is 11.8. The second-order valence-corrected chi connectivity index (χ2v) is 7.93. The Morgan fingerprint density at radius 2 is 1.52 bits per heavy atom. The topological polar surface area (TPSA) is 197 Å². The first-order valence-corrected chi connectivity index (χ1v) is 10.9. The molecule has 0 spiro atoms. The van der Waals surface area contributed by atoms with Gasteiger partial charge in [-0.1, -0.05) is 30.3 Å². The molecule has 0 heterocycles. The van der Waals surface area contributed by atoms with Gasteiger partial charge in [-0.15, -0.1) is 0 Å². The Morgan fingerprint density at radius 1 is 0.909 bits per heavy atom. The van der Waals surface area contributed by atoms with Crippen molar-refractivity contribution in [2.24, 2.45) is 11.5 Å². The molecular weight excluding hydrogens is 430 g/mol. The van der Waals surface area contributed by atoms with Crippen molar-refractivity contribution in [1.82, 2.24) is 16.0 Å².